The van der Waals surface area contributed by atoms with Crippen molar-refractivity contribution in [3.05, 3.63) is 27.2 Å². The summed E-state index contributed by atoms with van der Waals surface area (Å²) in [6.45, 7) is 3.99. The number of nitrogens with zero attached hydrogens (tertiary/aromatic N) is 1. The Balaban J connectivity index is 1.99. The summed E-state index contributed by atoms with van der Waals surface area (Å²) in [5, 5.41) is 3.82. The van der Waals surface area contributed by atoms with Crippen LogP contribution in [-0.2, 0) is 4.79 Å². The minimum absolute atomic E-state index is 0.115. The van der Waals surface area contributed by atoms with Crippen LogP contribution in [0.1, 0.15) is 13.3 Å². The fourth-order valence-corrected chi connectivity index (χ4v) is 3.60. The molecular formula is C14H18Cl3N3O. The van der Waals surface area contributed by atoms with Gasteiger partial charge in [-0.15, -0.1) is 0 Å². The minimum atomic E-state index is -0.164. The lowest BCUT2D eigenvalue weighted by atomic mass is 9.97. The predicted molar refractivity (Wildman–Crippen MR) is 88.3 cm³/mol. The Morgan fingerprint density at radius 1 is 1.33 bits per heavy atom. The third-order valence-electron chi connectivity index (χ3n) is 3.41. The van der Waals surface area contributed by atoms with Gasteiger partial charge in [-0.05, 0) is 24.5 Å². The van der Waals surface area contributed by atoms with E-state index in [0.29, 0.717) is 26.7 Å². The number of likely N-dealkylation sites (tertiary alicyclic amines) is 1. The van der Waals surface area contributed by atoms with Gasteiger partial charge < -0.3 is 11.1 Å². The first-order valence-corrected chi connectivity index (χ1v) is 7.91. The van der Waals surface area contributed by atoms with Gasteiger partial charge in [0.05, 0.1) is 22.3 Å². The molecule has 1 aromatic rings. The molecule has 21 heavy (non-hydrogen) atoms. The van der Waals surface area contributed by atoms with Crippen LogP contribution < -0.4 is 11.1 Å². The number of piperidine rings is 1. The first-order valence-electron chi connectivity index (χ1n) is 6.77. The van der Waals surface area contributed by atoms with Gasteiger partial charge in [0.15, 0.2) is 0 Å². The predicted octanol–water partition coefficient (Wildman–Crippen LogP) is 3.25. The maximum Gasteiger partial charge on any atom is 0.238 e. The molecule has 7 heteroatoms. The molecule has 0 aliphatic carbocycles. The van der Waals surface area contributed by atoms with E-state index < -0.39 is 0 Å². The van der Waals surface area contributed by atoms with E-state index in [4.69, 9.17) is 40.5 Å². The summed E-state index contributed by atoms with van der Waals surface area (Å²) in [7, 11) is 0. The van der Waals surface area contributed by atoms with Gasteiger partial charge in [0.25, 0.3) is 0 Å². The molecule has 1 fully saturated rings. The van der Waals surface area contributed by atoms with Crippen LogP contribution in [0.5, 0.6) is 0 Å². The minimum Gasteiger partial charge on any atom is -0.327 e. The zero-order chi connectivity index (χ0) is 15.6. The van der Waals surface area contributed by atoms with Crippen molar-refractivity contribution in [3.63, 3.8) is 0 Å². The van der Waals surface area contributed by atoms with Crippen molar-refractivity contribution in [2.45, 2.75) is 19.4 Å². The Bertz CT molecular complexity index is 505. The lowest BCUT2D eigenvalue weighted by molar-refractivity contribution is -0.117. The van der Waals surface area contributed by atoms with E-state index in [0.717, 1.165) is 19.5 Å². The summed E-state index contributed by atoms with van der Waals surface area (Å²) < 4.78 is 0. The fraction of sp³-hybridized carbons (Fsp3) is 0.500. The Kier molecular flexibility index (Phi) is 5.74. The molecule has 0 saturated carbocycles. The third-order valence-corrected chi connectivity index (χ3v) is 4.22. The molecule has 1 aromatic carbocycles. The molecule has 2 unspecified atom stereocenters. The van der Waals surface area contributed by atoms with Crippen molar-refractivity contribution in [2.75, 3.05) is 25.0 Å². The second-order valence-corrected chi connectivity index (χ2v) is 6.84. The average Bonchev–Trinajstić information content (AvgIpc) is 2.32. The highest BCUT2D eigenvalue weighted by Crippen LogP contribution is 2.33. The molecule has 0 spiro atoms. The summed E-state index contributed by atoms with van der Waals surface area (Å²) in [4.78, 5) is 14.2. The SMILES string of the molecule is CC1CC(N)CN(CC(=O)Nc2c(Cl)cc(Cl)cc2Cl)C1. The number of nitrogens with two attached hydrogens (primary N) is 1. The van der Waals surface area contributed by atoms with Crippen molar-refractivity contribution < 1.29 is 4.79 Å². The maximum absolute atomic E-state index is 12.1. The Hall–Kier alpha value is -0.520. The van der Waals surface area contributed by atoms with Gasteiger partial charge in [0, 0.05) is 24.2 Å². The second kappa shape index (κ2) is 7.16. The normalized spacial score (nSPS) is 23.1. The smallest absolute Gasteiger partial charge is 0.238 e. The number of anilines is 1. The molecule has 3 N–H and O–H groups in total. The summed E-state index contributed by atoms with van der Waals surface area (Å²) in [6.07, 6.45) is 0.993. The highest BCUT2D eigenvalue weighted by molar-refractivity contribution is 6.42. The van der Waals surface area contributed by atoms with Crippen LogP contribution in [0.15, 0.2) is 12.1 Å². The number of benzene rings is 1. The monoisotopic (exact) mass is 349 g/mol. The van der Waals surface area contributed by atoms with Crippen LogP contribution in [0.4, 0.5) is 5.69 Å². The van der Waals surface area contributed by atoms with Crippen LogP contribution in [0.2, 0.25) is 15.1 Å². The van der Waals surface area contributed by atoms with E-state index in [9.17, 15) is 4.79 Å². The largest absolute Gasteiger partial charge is 0.327 e. The quantitative estimate of drug-likeness (QED) is 0.879. The highest BCUT2D eigenvalue weighted by atomic mass is 35.5. The Labute approximate surface area is 139 Å². The molecule has 1 heterocycles. The molecule has 0 radical (unpaired) electrons. The number of hydrogen-bond donors (Lipinski definition) is 2. The molecule has 1 saturated heterocycles. The molecule has 0 aromatic heterocycles. The van der Waals surface area contributed by atoms with Gasteiger partial charge in [-0.25, -0.2) is 0 Å². The Morgan fingerprint density at radius 3 is 2.52 bits per heavy atom. The molecule has 1 aliphatic heterocycles. The number of halogens is 3. The maximum atomic E-state index is 12.1. The number of carbonyl (C=O) groups excluding carboxylic acids is 1. The number of rotatable bonds is 3. The van der Waals surface area contributed by atoms with E-state index >= 15 is 0 Å². The molecule has 1 aliphatic rings. The molecule has 0 bridgehead atoms. The van der Waals surface area contributed by atoms with E-state index in [2.05, 4.69) is 12.2 Å². The lowest BCUT2D eigenvalue weighted by Gasteiger charge is -2.34. The standard InChI is InChI=1S/C14H18Cl3N3O/c1-8-2-10(18)6-20(5-8)7-13(21)19-14-11(16)3-9(15)4-12(14)17/h3-4,8,10H,2,5-7,18H2,1H3,(H,19,21). The Morgan fingerprint density at radius 2 is 1.95 bits per heavy atom. The third kappa shape index (κ3) is 4.73. The van der Waals surface area contributed by atoms with Crippen molar-refractivity contribution >= 4 is 46.4 Å². The number of hydrogen-bond acceptors (Lipinski definition) is 3. The summed E-state index contributed by atoms with van der Waals surface area (Å²) in [6, 6.07) is 3.21. The van der Waals surface area contributed by atoms with Crippen LogP contribution in [0, 0.1) is 5.92 Å². The zero-order valence-electron chi connectivity index (χ0n) is 11.7. The van der Waals surface area contributed by atoms with Gasteiger partial charge in [0.1, 0.15) is 0 Å². The molecule has 116 valence electrons. The molecule has 2 atom stereocenters. The van der Waals surface area contributed by atoms with E-state index in [1.54, 1.807) is 12.1 Å². The van der Waals surface area contributed by atoms with Crippen molar-refractivity contribution in [1.82, 2.24) is 4.90 Å². The van der Waals surface area contributed by atoms with Gasteiger partial charge in [-0.2, -0.15) is 0 Å². The van der Waals surface area contributed by atoms with Crippen LogP contribution in [0.25, 0.3) is 0 Å². The number of nitrogens with one attached hydrogen (secondary N) is 1. The average molecular weight is 351 g/mol. The summed E-state index contributed by atoms with van der Waals surface area (Å²) >= 11 is 17.9. The number of carbonyl (C=O) groups is 1. The van der Waals surface area contributed by atoms with Crippen LogP contribution in [-0.4, -0.2) is 36.5 Å². The van der Waals surface area contributed by atoms with Gasteiger partial charge in [-0.3, -0.25) is 9.69 Å². The van der Waals surface area contributed by atoms with Crippen LogP contribution >= 0.6 is 34.8 Å². The molecule has 2 rings (SSSR count). The van der Waals surface area contributed by atoms with E-state index in [-0.39, 0.29) is 18.5 Å². The van der Waals surface area contributed by atoms with Gasteiger partial charge in [0.2, 0.25) is 5.91 Å². The van der Waals surface area contributed by atoms with E-state index in [1.807, 2.05) is 4.90 Å². The number of amides is 1. The molecular weight excluding hydrogens is 333 g/mol. The van der Waals surface area contributed by atoms with Crippen molar-refractivity contribution in [2.24, 2.45) is 11.7 Å². The second-order valence-electron chi connectivity index (χ2n) is 5.59. The topological polar surface area (TPSA) is 58.4 Å². The summed E-state index contributed by atoms with van der Waals surface area (Å²) in [5.74, 6) is 0.326. The zero-order valence-corrected chi connectivity index (χ0v) is 14.0. The highest BCUT2D eigenvalue weighted by Gasteiger charge is 2.24. The van der Waals surface area contributed by atoms with Crippen molar-refractivity contribution in [1.29, 1.82) is 0 Å². The fourth-order valence-electron chi connectivity index (χ4n) is 2.69. The van der Waals surface area contributed by atoms with E-state index in [1.165, 1.54) is 0 Å². The van der Waals surface area contributed by atoms with Gasteiger partial charge in [-0.1, -0.05) is 41.7 Å². The first kappa shape index (κ1) is 16.8. The lowest BCUT2D eigenvalue weighted by Crippen LogP contribution is -2.48. The molecule has 1 amide bonds. The van der Waals surface area contributed by atoms with Crippen LogP contribution in [0.3, 0.4) is 0 Å². The van der Waals surface area contributed by atoms with Gasteiger partial charge >= 0.3 is 0 Å². The molecule has 4 nitrogen and oxygen atoms in total. The van der Waals surface area contributed by atoms with Crippen molar-refractivity contribution in [3.8, 4) is 0 Å². The first-order chi connectivity index (χ1) is 9.85. The summed E-state index contributed by atoms with van der Waals surface area (Å²) in [5.41, 5.74) is 6.37.